The number of benzene rings is 2. The predicted molar refractivity (Wildman–Crippen MR) is 109 cm³/mol. The molecule has 2 heterocycles. The molecule has 0 spiro atoms. The number of ether oxygens (including phenoxy) is 1. The Kier molecular flexibility index (Phi) is 5.15. The first-order valence-electron chi connectivity index (χ1n) is 9.64. The SMILES string of the molecule is COC(=O)N(C/C=C1/C[C@H]2CCC(=O)N2c2ccccc21)Cc1ccccc1. The number of amides is 2. The maximum atomic E-state index is 12.3. The molecule has 0 saturated carbocycles. The molecule has 1 saturated heterocycles. The standard InChI is InChI=1S/C23H24N2O3/c1-28-23(27)24(16-17-7-3-2-4-8-17)14-13-18-15-19-11-12-22(26)25(19)21-10-6-5-9-20(18)21/h2-10,13,19H,11-12,14-16H2,1H3/b18-13-/t19-/m1/s1. The summed E-state index contributed by atoms with van der Waals surface area (Å²) in [6.45, 7) is 0.957. The van der Waals surface area contributed by atoms with Crippen molar-refractivity contribution in [2.24, 2.45) is 0 Å². The van der Waals surface area contributed by atoms with E-state index in [4.69, 9.17) is 4.74 Å². The van der Waals surface area contributed by atoms with Crippen LogP contribution in [0.5, 0.6) is 0 Å². The van der Waals surface area contributed by atoms with Crippen molar-refractivity contribution in [1.29, 1.82) is 0 Å². The van der Waals surface area contributed by atoms with Crippen molar-refractivity contribution in [3.05, 3.63) is 71.8 Å². The van der Waals surface area contributed by atoms with Gasteiger partial charge < -0.3 is 14.5 Å². The summed E-state index contributed by atoms with van der Waals surface area (Å²) in [4.78, 5) is 28.2. The second-order valence-corrected chi connectivity index (χ2v) is 7.24. The van der Waals surface area contributed by atoms with E-state index < -0.39 is 0 Å². The highest BCUT2D eigenvalue weighted by atomic mass is 16.5. The summed E-state index contributed by atoms with van der Waals surface area (Å²) in [5.41, 5.74) is 4.31. The fourth-order valence-electron chi connectivity index (χ4n) is 4.14. The van der Waals surface area contributed by atoms with Crippen molar-refractivity contribution in [3.63, 3.8) is 0 Å². The lowest BCUT2D eigenvalue weighted by molar-refractivity contribution is -0.117. The first-order chi connectivity index (χ1) is 13.7. The molecule has 4 rings (SSSR count). The van der Waals surface area contributed by atoms with E-state index in [0.29, 0.717) is 19.5 Å². The number of rotatable bonds is 4. The molecule has 2 amide bonds. The average Bonchev–Trinajstić information content (AvgIpc) is 3.11. The van der Waals surface area contributed by atoms with Gasteiger partial charge in [-0.15, -0.1) is 0 Å². The first-order valence-corrected chi connectivity index (χ1v) is 9.64. The highest BCUT2D eigenvalue weighted by Crippen LogP contribution is 2.42. The van der Waals surface area contributed by atoms with Gasteiger partial charge in [-0.2, -0.15) is 0 Å². The summed E-state index contributed by atoms with van der Waals surface area (Å²) in [6, 6.07) is 18.1. The van der Waals surface area contributed by atoms with Crippen molar-refractivity contribution in [1.82, 2.24) is 4.90 Å². The normalized spacial score (nSPS) is 19.3. The molecule has 144 valence electrons. The van der Waals surface area contributed by atoms with Gasteiger partial charge in [-0.1, -0.05) is 54.6 Å². The van der Waals surface area contributed by atoms with Crippen molar-refractivity contribution >= 4 is 23.3 Å². The van der Waals surface area contributed by atoms with E-state index in [2.05, 4.69) is 12.1 Å². The minimum atomic E-state index is -0.345. The Morgan fingerprint density at radius 3 is 2.71 bits per heavy atom. The Bertz CT molecular complexity index is 907. The van der Waals surface area contributed by atoms with E-state index >= 15 is 0 Å². The molecule has 1 fully saturated rings. The van der Waals surface area contributed by atoms with Crippen LogP contribution in [0.1, 0.15) is 30.4 Å². The van der Waals surface area contributed by atoms with E-state index in [0.717, 1.165) is 29.7 Å². The van der Waals surface area contributed by atoms with Crippen LogP contribution in [0.2, 0.25) is 0 Å². The van der Waals surface area contributed by atoms with E-state index in [-0.39, 0.29) is 18.0 Å². The zero-order valence-electron chi connectivity index (χ0n) is 16.0. The predicted octanol–water partition coefficient (Wildman–Crippen LogP) is 4.24. The Labute approximate surface area is 165 Å². The molecule has 2 aliphatic rings. The summed E-state index contributed by atoms with van der Waals surface area (Å²) in [5, 5.41) is 0. The molecule has 0 unspecified atom stereocenters. The molecule has 0 aliphatic carbocycles. The fourth-order valence-corrected chi connectivity index (χ4v) is 4.14. The molecule has 2 aromatic carbocycles. The maximum Gasteiger partial charge on any atom is 0.410 e. The summed E-state index contributed by atoms with van der Waals surface area (Å²) >= 11 is 0. The van der Waals surface area contributed by atoms with Gasteiger partial charge in [0.05, 0.1) is 12.8 Å². The van der Waals surface area contributed by atoms with Gasteiger partial charge in [0.2, 0.25) is 5.91 Å². The molecule has 5 heteroatoms. The zero-order chi connectivity index (χ0) is 19.5. The van der Waals surface area contributed by atoms with Crippen LogP contribution in [0.3, 0.4) is 0 Å². The van der Waals surface area contributed by atoms with Crippen LogP contribution in [-0.4, -0.2) is 36.6 Å². The van der Waals surface area contributed by atoms with Gasteiger partial charge in [-0.05, 0) is 30.0 Å². The van der Waals surface area contributed by atoms with Gasteiger partial charge in [0.15, 0.2) is 0 Å². The van der Waals surface area contributed by atoms with Crippen LogP contribution >= 0.6 is 0 Å². The summed E-state index contributed by atoms with van der Waals surface area (Å²) in [6.07, 6.45) is 4.08. The summed E-state index contributed by atoms with van der Waals surface area (Å²) in [5.74, 6) is 0.205. The number of fused-ring (bicyclic) bond motifs is 3. The lowest BCUT2D eigenvalue weighted by Gasteiger charge is -2.34. The molecular formula is C23H24N2O3. The topological polar surface area (TPSA) is 49.9 Å². The van der Waals surface area contributed by atoms with Crippen molar-refractivity contribution in [3.8, 4) is 0 Å². The number of carbonyl (C=O) groups is 2. The Morgan fingerprint density at radius 2 is 1.93 bits per heavy atom. The second-order valence-electron chi connectivity index (χ2n) is 7.24. The van der Waals surface area contributed by atoms with Crippen LogP contribution in [-0.2, 0) is 16.1 Å². The minimum absolute atomic E-state index is 0.205. The number of methoxy groups -OCH3 is 1. The monoisotopic (exact) mass is 376 g/mol. The molecular weight excluding hydrogens is 352 g/mol. The number of anilines is 1. The Balaban J connectivity index is 1.60. The molecule has 2 aromatic rings. The highest BCUT2D eigenvalue weighted by molar-refractivity contribution is 6.01. The van der Waals surface area contributed by atoms with Gasteiger partial charge >= 0.3 is 6.09 Å². The average molecular weight is 376 g/mol. The quantitative estimate of drug-likeness (QED) is 0.802. The molecule has 0 bridgehead atoms. The van der Waals surface area contributed by atoms with Gasteiger partial charge in [-0.25, -0.2) is 4.79 Å². The first kappa shape index (κ1) is 18.3. The molecule has 2 aliphatic heterocycles. The number of carbonyl (C=O) groups excluding carboxylic acids is 2. The van der Waals surface area contributed by atoms with Crippen LogP contribution in [0.15, 0.2) is 60.7 Å². The van der Waals surface area contributed by atoms with E-state index in [1.807, 2.05) is 53.4 Å². The zero-order valence-corrected chi connectivity index (χ0v) is 16.0. The smallest absolute Gasteiger partial charge is 0.410 e. The van der Waals surface area contributed by atoms with E-state index in [1.165, 1.54) is 12.7 Å². The van der Waals surface area contributed by atoms with E-state index in [9.17, 15) is 9.59 Å². The minimum Gasteiger partial charge on any atom is -0.453 e. The van der Waals surface area contributed by atoms with Crippen LogP contribution in [0.25, 0.3) is 5.57 Å². The second kappa shape index (κ2) is 7.89. The third-order valence-electron chi connectivity index (χ3n) is 5.50. The van der Waals surface area contributed by atoms with Gasteiger partial charge in [0.25, 0.3) is 0 Å². The molecule has 0 radical (unpaired) electrons. The summed E-state index contributed by atoms with van der Waals surface area (Å²) in [7, 11) is 1.41. The molecule has 1 atom stereocenters. The van der Waals surface area contributed by atoms with E-state index in [1.54, 1.807) is 4.90 Å². The molecule has 5 nitrogen and oxygen atoms in total. The third kappa shape index (κ3) is 3.52. The van der Waals surface area contributed by atoms with Gasteiger partial charge in [0.1, 0.15) is 0 Å². The number of para-hydroxylation sites is 1. The fraction of sp³-hybridized carbons (Fsp3) is 0.304. The Morgan fingerprint density at radius 1 is 1.18 bits per heavy atom. The van der Waals surface area contributed by atoms with Gasteiger partial charge in [-0.3, -0.25) is 4.79 Å². The number of nitrogens with zero attached hydrogens (tertiary/aromatic N) is 2. The third-order valence-corrected chi connectivity index (χ3v) is 5.50. The molecule has 0 N–H and O–H groups in total. The lowest BCUT2D eigenvalue weighted by Crippen LogP contribution is -2.37. The molecule has 0 aromatic heterocycles. The van der Waals surface area contributed by atoms with Crippen molar-refractivity contribution < 1.29 is 14.3 Å². The maximum absolute atomic E-state index is 12.3. The van der Waals surface area contributed by atoms with Crippen molar-refractivity contribution in [2.75, 3.05) is 18.6 Å². The number of hydrogen-bond donors (Lipinski definition) is 0. The molecule has 28 heavy (non-hydrogen) atoms. The Hall–Kier alpha value is -3.08. The van der Waals surface area contributed by atoms with Crippen LogP contribution in [0.4, 0.5) is 10.5 Å². The van der Waals surface area contributed by atoms with Gasteiger partial charge in [0, 0.05) is 31.1 Å². The largest absolute Gasteiger partial charge is 0.453 e. The van der Waals surface area contributed by atoms with Crippen LogP contribution < -0.4 is 4.90 Å². The highest BCUT2D eigenvalue weighted by Gasteiger charge is 2.37. The van der Waals surface area contributed by atoms with Crippen molar-refractivity contribution in [2.45, 2.75) is 31.8 Å². The number of hydrogen-bond acceptors (Lipinski definition) is 3. The lowest BCUT2D eigenvalue weighted by atomic mass is 9.91. The van der Waals surface area contributed by atoms with Crippen LogP contribution in [0, 0.1) is 0 Å². The summed E-state index contributed by atoms with van der Waals surface area (Å²) < 4.78 is 4.98.